The van der Waals surface area contributed by atoms with Crippen LogP contribution in [-0.4, -0.2) is 29.9 Å². The fourth-order valence-electron chi connectivity index (χ4n) is 2.05. The van der Waals surface area contributed by atoms with Crippen molar-refractivity contribution in [2.45, 2.75) is 25.7 Å². The molecule has 0 radical (unpaired) electrons. The van der Waals surface area contributed by atoms with Gasteiger partial charge in [0.15, 0.2) is 0 Å². The number of nitrogen functional groups attached to an aromatic ring is 1. The summed E-state index contributed by atoms with van der Waals surface area (Å²) in [5.74, 6) is 1.65. The SMILES string of the molecule is CCOc1cc(N)nnc1C1CCNCC1. The van der Waals surface area contributed by atoms with Gasteiger partial charge in [0, 0.05) is 12.0 Å². The molecular formula is C11H18N4O. The van der Waals surface area contributed by atoms with E-state index < -0.39 is 0 Å². The number of nitrogens with zero attached hydrogens (tertiary/aromatic N) is 2. The zero-order valence-electron chi connectivity index (χ0n) is 9.57. The number of ether oxygens (including phenoxy) is 1. The van der Waals surface area contributed by atoms with Crippen LogP contribution in [0.2, 0.25) is 0 Å². The van der Waals surface area contributed by atoms with Crippen LogP contribution in [-0.2, 0) is 0 Å². The Labute approximate surface area is 95.4 Å². The van der Waals surface area contributed by atoms with Crippen molar-refractivity contribution in [1.82, 2.24) is 15.5 Å². The summed E-state index contributed by atoms with van der Waals surface area (Å²) in [6.45, 7) is 4.65. The van der Waals surface area contributed by atoms with Crippen molar-refractivity contribution in [2.24, 2.45) is 0 Å². The van der Waals surface area contributed by atoms with Gasteiger partial charge in [0.25, 0.3) is 0 Å². The summed E-state index contributed by atoms with van der Waals surface area (Å²) in [5, 5.41) is 11.5. The van der Waals surface area contributed by atoms with E-state index in [1.54, 1.807) is 6.07 Å². The first-order valence-corrected chi connectivity index (χ1v) is 5.78. The van der Waals surface area contributed by atoms with Crippen molar-refractivity contribution in [3.05, 3.63) is 11.8 Å². The van der Waals surface area contributed by atoms with Crippen LogP contribution in [0.4, 0.5) is 5.82 Å². The van der Waals surface area contributed by atoms with E-state index in [0.717, 1.165) is 37.4 Å². The Balaban J connectivity index is 2.23. The Bertz CT molecular complexity index is 350. The van der Waals surface area contributed by atoms with E-state index in [1.165, 1.54) is 0 Å². The normalized spacial score (nSPS) is 17.3. The summed E-state index contributed by atoms with van der Waals surface area (Å²) in [6, 6.07) is 1.77. The molecule has 2 heterocycles. The minimum absolute atomic E-state index is 0.418. The molecule has 1 aliphatic heterocycles. The van der Waals surface area contributed by atoms with E-state index in [0.29, 0.717) is 18.3 Å². The maximum absolute atomic E-state index is 5.62. The maximum atomic E-state index is 5.62. The summed E-state index contributed by atoms with van der Waals surface area (Å²) in [4.78, 5) is 0. The lowest BCUT2D eigenvalue weighted by Crippen LogP contribution is -2.27. The molecule has 1 aliphatic rings. The van der Waals surface area contributed by atoms with Crippen molar-refractivity contribution in [3.63, 3.8) is 0 Å². The molecule has 0 aromatic carbocycles. The monoisotopic (exact) mass is 222 g/mol. The summed E-state index contributed by atoms with van der Waals surface area (Å²) in [6.07, 6.45) is 2.16. The maximum Gasteiger partial charge on any atom is 0.149 e. The number of rotatable bonds is 3. The van der Waals surface area contributed by atoms with Crippen LogP contribution in [0.3, 0.4) is 0 Å². The number of anilines is 1. The van der Waals surface area contributed by atoms with Gasteiger partial charge in [-0.05, 0) is 32.9 Å². The van der Waals surface area contributed by atoms with Crippen LogP contribution in [0, 0.1) is 0 Å². The summed E-state index contributed by atoms with van der Waals surface area (Å²) in [5.41, 5.74) is 6.58. The first-order chi connectivity index (χ1) is 7.81. The number of hydrogen-bond donors (Lipinski definition) is 2. The van der Waals surface area contributed by atoms with Crippen LogP contribution >= 0.6 is 0 Å². The predicted molar refractivity (Wildman–Crippen MR) is 62.5 cm³/mol. The molecule has 5 nitrogen and oxygen atoms in total. The first-order valence-electron chi connectivity index (χ1n) is 5.78. The molecule has 5 heteroatoms. The average Bonchev–Trinajstić information content (AvgIpc) is 2.31. The van der Waals surface area contributed by atoms with Gasteiger partial charge in [-0.1, -0.05) is 0 Å². The van der Waals surface area contributed by atoms with Gasteiger partial charge in [-0.25, -0.2) is 0 Å². The molecule has 3 N–H and O–H groups in total. The number of nitrogens with two attached hydrogens (primary N) is 1. The molecule has 2 rings (SSSR count). The van der Waals surface area contributed by atoms with E-state index in [4.69, 9.17) is 10.5 Å². The van der Waals surface area contributed by atoms with Gasteiger partial charge in [0.2, 0.25) is 0 Å². The quantitative estimate of drug-likeness (QED) is 0.795. The molecule has 1 aromatic rings. The third kappa shape index (κ3) is 2.41. The second-order valence-corrected chi connectivity index (χ2v) is 3.98. The van der Waals surface area contributed by atoms with E-state index in [-0.39, 0.29) is 0 Å². The lowest BCUT2D eigenvalue weighted by molar-refractivity contribution is 0.325. The molecular weight excluding hydrogens is 204 g/mol. The van der Waals surface area contributed by atoms with Crippen LogP contribution in [0.15, 0.2) is 6.07 Å². The van der Waals surface area contributed by atoms with Crippen molar-refractivity contribution >= 4 is 5.82 Å². The largest absolute Gasteiger partial charge is 0.492 e. The average molecular weight is 222 g/mol. The molecule has 0 aliphatic carbocycles. The van der Waals surface area contributed by atoms with Crippen molar-refractivity contribution in [1.29, 1.82) is 0 Å². The molecule has 1 fully saturated rings. The zero-order valence-corrected chi connectivity index (χ0v) is 9.57. The third-order valence-corrected chi connectivity index (χ3v) is 2.83. The van der Waals surface area contributed by atoms with Gasteiger partial charge >= 0.3 is 0 Å². The van der Waals surface area contributed by atoms with Crippen LogP contribution < -0.4 is 15.8 Å². The molecule has 88 valence electrons. The molecule has 0 bridgehead atoms. The summed E-state index contributed by atoms with van der Waals surface area (Å²) in [7, 11) is 0. The van der Waals surface area contributed by atoms with Crippen molar-refractivity contribution in [2.75, 3.05) is 25.4 Å². The Morgan fingerprint density at radius 3 is 2.88 bits per heavy atom. The van der Waals surface area contributed by atoms with Crippen LogP contribution in [0.1, 0.15) is 31.4 Å². The lowest BCUT2D eigenvalue weighted by Gasteiger charge is -2.23. The van der Waals surface area contributed by atoms with E-state index >= 15 is 0 Å². The van der Waals surface area contributed by atoms with Gasteiger partial charge in [0.1, 0.15) is 17.3 Å². The standard InChI is InChI=1S/C11H18N4O/c1-2-16-9-7-10(12)14-15-11(9)8-3-5-13-6-4-8/h7-8,13H,2-6H2,1H3,(H2,12,14). The van der Waals surface area contributed by atoms with E-state index in [1.807, 2.05) is 6.92 Å². The number of piperidine rings is 1. The highest BCUT2D eigenvalue weighted by atomic mass is 16.5. The number of hydrogen-bond acceptors (Lipinski definition) is 5. The first kappa shape index (κ1) is 11.1. The predicted octanol–water partition coefficient (Wildman–Crippen LogP) is 0.924. The minimum Gasteiger partial charge on any atom is -0.492 e. The lowest BCUT2D eigenvalue weighted by atomic mass is 9.94. The van der Waals surface area contributed by atoms with Gasteiger partial charge in [-0.15, -0.1) is 10.2 Å². The van der Waals surface area contributed by atoms with Crippen LogP contribution in [0.5, 0.6) is 5.75 Å². The number of nitrogens with one attached hydrogen (secondary N) is 1. The Morgan fingerprint density at radius 2 is 2.19 bits per heavy atom. The van der Waals surface area contributed by atoms with Crippen molar-refractivity contribution < 1.29 is 4.74 Å². The topological polar surface area (TPSA) is 73.1 Å². The molecule has 0 saturated carbocycles. The second kappa shape index (κ2) is 5.12. The fraction of sp³-hybridized carbons (Fsp3) is 0.636. The molecule has 16 heavy (non-hydrogen) atoms. The molecule has 1 saturated heterocycles. The Hall–Kier alpha value is -1.36. The summed E-state index contributed by atoms with van der Waals surface area (Å²) >= 11 is 0. The van der Waals surface area contributed by atoms with E-state index in [2.05, 4.69) is 15.5 Å². The van der Waals surface area contributed by atoms with Gasteiger partial charge < -0.3 is 15.8 Å². The van der Waals surface area contributed by atoms with E-state index in [9.17, 15) is 0 Å². The molecule has 0 atom stereocenters. The molecule has 0 amide bonds. The molecule has 0 spiro atoms. The van der Waals surface area contributed by atoms with Crippen molar-refractivity contribution in [3.8, 4) is 5.75 Å². The second-order valence-electron chi connectivity index (χ2n) is 3.98. The smallest absolute Gasteiger partial charge is 0.149 e. The number of aromatic nitrogens is 2. The van der Waals surface area contributed by atoms with Gasteiger partial charge in [-0.3, -0.25) is 0 Å². The molecule has 1 aromatic heterocycles. The zero-order chi connectivity index (χ0) is 11.4. The van der Waals surface area contributed by atoms with Crippen LogP contribution in [0.25, 0.3) is 0 Å². The third-order valence-electron chi connectivity index (χ3n) is 2.83. The molecule has 0 unspecified atom stereocenters. The fourth-order valence-corrected chi connectivity index (χ4v) is 2.05. The Morgan fingerprint density at radius 1 is 1.44 bits per heavy atom. The van der Waals surface area contributed by atoms with Gasteiger partial charge in [-0.2, -0.15) is 0 Å². The highest BCUT2D eigenvalue weighted by molar-refractivity contribution is 5.39. The highest BCUT2D eigenvalue weighted by Gasteiger charge is 2.21. The Kier molecular flexibility index (Phi) is 3.56. The summed E-state index contributed by atoms with van der Waals surface area (Å²) < 4.78 is 5.57. The van der Waals surface area contributed by atoms with Gasteiger partial charge in [0.05, 0.1) is 6.61 Å². The minimum atomic E-state index is 0.418. The highest BCUT2D eigenvalue weighted by Crippen LogP contribution is 2.31.